The lowest BCUT2D eigenvalue weighted by Crippen LogP contribution is -1.99. The van der Waals surface area contributed by atoms with Crippen LogP contribution in [0.5, 0.6) is 0 Å². The number of aliphatic hydroxyl groups is 1. The van der Waals surface area contributed by atoms with Gasteiger partial charge in [-0.2, -0.15) is 5.10 Å². The highest BCUT2D eigenvalue weighted by Gasteiger charge is 2.12. The van der Waals surface area contributed by atoms with Crippen LogP contribution in [0.15, 0.2) is 36.7 Å². The van der Waals surface area contributed by atoms with Gasteiger partial charge in [0, 0.05) is 21.9 Å². The summed E-state index contributed by atoms with van der Waals surface area (Å²) in [6, 6.07) is 7.89. The molecule has 1 atom stereocenters. The van der Waals surface area contributed by atoms with E-state index >= 15 is 0 Å². The Hall–Kier alpha value is -0.880. The summed E-state index contributed by atoms with van der Waals surface area (Å²) in [6.07, 6.45) is 4.10. The average Bonchev–Trinajstić information content (AvgIpc) is 2.78. The summed E-state index contributed by atoms with van der Waals surface area (Å²) < 4.78 is 3.03. The topological polar surface area (TPSA) is 38.0 Å². The maximum absolute atomic E-state index is 10.2. The van der Waals surface area contributed by atoms with Gasteiger partial charge in [0.15, 0.2) is 0 Å². The second-order valence-corrected chi connectivity index (χ2v) is 5.24. The van der Waals surface area contributed by atoms with Crippen molar-refractivity contribution in [3.8, 4) is 0 Å². The van der Waals surface area contributed by atoms with E-state index in [9.17, 15) is 5.11 Å². The van der Waals surface area contributed by atoms with Gasteiger partial charge in [-0.1, -0.05) is 19.1 Å². The summed E-state index contributed by atoms with van der Waals surface area (Å²) in [6.45, 7) is 3.00. The van der Waals surface area contributed by atoms with Crippen molar-refractivity contribution in [3.05, 3.63) is 51.4 Å². The number of aromatic nitrogens is 2. The number of halogens is 1. The Labute approximate surface area is 115 Å². The Morgan fingerprint density at radius 1 is 1.29 bits per heavy atom. The largest absolute Gasteiger partial charge is 0.384 e. The lowest BCUT2D eigenvalue weighted by atomic mass is 10.1. The fourth-order valence-corrected chi connectivity index (χ4v) is 2.07. The van der Waals surface area contributed by atoms with Crippen molar-refractivity contribution in [2.24, 2.45) is 0 Å². The van der Waals surface area contributed by atoms with Crippen molar-refractivity contribution >= 4 is 22.6 Å². The Bertz CT molecular complexity index is 478. The molecule has 1 heterocycles. The summed E-state index contributed by atoms with van der Waals surface area (Å²) in [5, 5.41) is 14.4. The number of nitrogens with zero attached hydrogens (tertiary/aromatic N) is 2. The molecular formula is C13H15IN2O. The predicted octanol–water partition coefficient (Wildman–Crippen LogP) is 2.98. The normalized spacial score (nSPS) is 12.6. The second-order valence-electron chi connectivity index (χ2n) is 3.99. The third-order valence-electron chi connectivity index (χ3n) is 2.61. The highest BCUT2D eigenvalue weighted by molar-refractivity contribution is 14.1. The van der Waals surface area contributed by atoms with Gasteiger partial charge < -0.3 is 5.11 Å². The van der Waals surface area contributed by atoms with Gasteiger partial charge in [-0.25, -0.2) is 0 Å². The van der Waals surface area contributed by atoms with Crippen LogP contribution in [0.3, 0.4) is 0 Å². The average molecular weight is 342 g/mol. The molecule has 2 aromatic rings. The standard InChI is InChI=1S/C13H15IN2O/c1-2-7-16-9-11(8-15-16)13(17)10-3-5-12(14)6-4-10/h3-6,8-9,13,17H,2,7H2,1H3. The Morgan fingerprint density at radius 2 is 2.00 bits per heavy atom. The lowest BCUT2D eigenvalue weighted by molar-refractivity contribution is 0.220. The predicted molar refractivity (Wildman–Crippen MR) is 75.7 cm³/mol. The van der Waals surface area contributed by atoms with Gasteiger partial charge in [-0.05, 0) is 46.7 Å². The molecule has 17 heavy (non-hydrogen) atoms. The van der Waals surface area contributed by atoms with Crippen LogP contribution in [0, 0.1) is 3.57 Å². The minimum Gasteiger partial charge on any atom is -0.384 e. The van der Waals surface area contributed by atoms with E-state index in [1.807, 2.05) is 35.1 Å². The van der Waals surface area contributed by atoms with Crippen LogP contribution in [-0.2, 0) is 6.54 Å². The number of hydrogen-bond acceptors (Lipinski definition) is 2. The van der Waals surface area contributed by atoms with Crippen molar-refractivity contribution in [3.63, 3.8) is 0 Å². The minimum atomic E-state index is -0.586. The third kappa shape index (κ3) is 3.07. The van der Waals surface area contributed by atoms with Gasteiger partial charge >= 0.3 is 0 Å². The van der Waals surface area contributed by atoms with Crippen LogP contribution in [0.25, 0.3) is 0 Å². The molecule has 0 saturated carbocycles. The van der Waals surface area contributed by atoms with Crippen molar-refractivity contribution in [2.45, 2.75) is 26.0 Å². The van der Waals surface area contributed by atoms with Gasteiger partial charge in [-0.3, -0.25) is 4.68 Å². The first-order chi connectivity index (χ1) is 8.20. The van der Waals surface area contributed by atoms with E-state index in [2.05, 4.69) is 34.6 Å². The molecule has 3 nitrogen and oxygen atoms in total. The Kier molecular flexibility index (Phi) is 4.17. The van der Waals surface area contributed by atoms with Crippen LogP contribution in [0.1, 0.15) is 30.6 Å². The Morgan fingerprint density at radius 3 is 2.65 bits per heavy atom. The van der Waals surface area contributed by atoms with Crippen LogP contribution in [0.2, 0.25) is 0 Å². The summed E-state index contributed by atoms with van der Waals surface area (Å²) in [5.74, 6) is 0. The fraction of sp³-hybridized carbons (Fsp3) is 0.308. The van der Waals surface area contributed by atoms with Crippen molar-refractivity contribution in [2.75, 3.05) is 0 Å². The molecule has 2 rings (SSSR count). The van der Waals surface area contributed by atoms with Crippen molar-refractivity contribution < 1.29 is 5.11 Å². The molecule has 0 saturated heterocycles. The van der Waals surface area contributed by atoms with Crippen LogP contribution >= 0.6 is 22.6 Å². The van der Waals surface area contributed by atoms with E-state index in [1.165, 1.54) is 3.57 Å². The number of hydrogen-bond donors (Lipinski definition) is 1. The molecule has 0 bridgehead atoms. The molecule has 1 N–H and O–H groups in total. The van der Waals surface area contributed by atoms with Gasteiger partial charge in [0.25, 0.3) is 0 Å². The van der Waals surface area contributed by atoms with Gasteiger partial charge in [0.05, 0.1) is 6.20 Å². The molecule has 90 valence electrons. The maximum Gasteiger partial charge on any atom is 0.107 e. The number of rotatable bonds is 4. The quantitative estimate of drug-likeness (QED) is 0.868. The van der Waals surface area contributed by atoms with Crippen LogP contribution < -0.4 is 0 Å². The van der Waals surface area contributed by atoms with E-state index in [4.69, 9.17) is 0 Å². The second kappa shape index (κ2) is 5.64. The van der Waals surface area contributed by atoms with E-state index in [0.717, 1.165) is 24.1 Å². The van der Waals surface area contributed by atoms with Crippen molar-refractivity contribution in [1.82, 2.24) is 9.78 Å². The zero-order valence-electron chi connectivity index (χ0n) is 9.68. The molecule has 0 aliphatic heterocycles. The highest BCUT2D eigenvalue weighted by Crippen LogP contribution is 2.22. The van der Waals surface area contributed by atoms with Crippen LogP contribution in [0.4, 0.5) is 0 Å². The first-order valence-electron chi connectivity index (χ1n) is 5.66. The molecule has 4 heteroatoms. The molecule has 0 spiro atoms. The SMILES string of the molecule is CCCn1cc(C(O)c2ccc(I)cc2)cn1. The molecule has 0 amide bonds. The van der Waals surface area contributed by atoms with Gasteiger partial charge in [0.2, 0.25) is 0 Å². The first-order valence-corrected chi connectivity index (χ1v) is 6.74. The van der Waals surface area contributed by atoms with Crippen molar-refractivity contribution in [1.29, 1.82) is 0 Å². The Balaban J connectivity index is 2.18. The fourth-order valence-electron chi connectivity index (χ4n) is 1.71. The molecule has 0 aliphatic rings. The van der Waals surface area contributed by atoms with Crippen LogP contribution in [-0.4, -0.2) is 14.9 Å². The summed E-state index contributed by atoms with van der Waals surface area (Å²) >= 11 is 2.25. The monoisotopic (exact) mass is 342 g/mol. The smallest absolute Gasteiger partial charge is 0.107 e. The molecule has 1 aromatic carbocycles. The summed E-state index contributed by atoms with van der Waals surface area (Å²) in [7, 11) is 0. The first kappa shape index (κ1) is 12.6. The van der Waals surface area contributed by atoms with E-state index < -0.39 is 6.10 Å². The maximum atomic E-state index is 10.2. The van der Waals surface area contributed by atoms with Gasteiger partial charge in [0.1, 0.15) is 6.10 Å². The summed E-state index contributed by atoms with van der Waals surface area (Å²) in [5.41, 5.74) is 1.75. The number of aryl methyl sites for hydroxylation is 1. The zero-order valence-corrected chi connectivity index (χ0v) is 11.8. The third-order valence-corrected chi connectivity index (χ3v) is 3.33. The lowest BCUT2D eigenvalue weighted by Gasteiger charge is -2.08. The highest BCUT2D eigenvalue weighted by atomic mass is 127. The molecular weight excluding hydrogens is 327 g/mol. The van der Waals surface area contributed by atoms with E-state index in [-0.39, 0.29) is 0 Å². The summed E-state index contributed by atoms with van der Waals surface area (Å²) in [4.78, 5) is 0. The number of aliphatic hydroxyl groups excluding tert-OH is 1. The van der Waals surface area contributed by atoms with E-state index in [1.54, 1.807) is 6.20 Å². The van der Waals surface area contributed by atoms with Gasteiger partial charge in [-0.15, -0.1) is 0 Å². The number of benzene rings is 1. The zero-order chi connectivity index (χ0) is 12.3. The molecule has 0 aliphatic carbocycles. The minimum absolute atomic E-state index is 0.586. The molecule has 1 unspecified atom stereocenters. The van der Waals surface area contributed by atoms with E-state index in [0.29, 0.717) is 0 Å². The molecule has 0 fully saturated rings. The molecule has 0 radical (unpaired) electrons. The molecule has 1 aromatic heterocycles.